The summed E-state index contributed by atoms with van der Waals surface area (Å²) in [6.45, 7) is 1.44. The van der Waals surface area contributed by atoms with E-state index in [0.29, 0.717) is 0 Å². The van der Waals surface area contributed by atoms with E-state index in [0.717, 1.165) is 6.42 Å². The highest BCUT2D eigenvalue weighted by Crippen LogP contribution is 2.46. The van der Waals surface area contributed by atoms with Crippen LogP contribution in [0.25, 0.3) is 0 Å². The number of carboxylic acid groups (broad SMARTS) is 1. The average molecular weight is 170 g/mol. The zero-order valence-electron chi connectivity index (χ0n) is 6.69. The van der Waals surface area contributed by atoms with E-state index in [1.54, 1.807) is 0 Å². The van der Waals surface area contributed by atoms with Gasteiger partial charge in [-0.15, -0.1) is 0 Å². The highest BCUT2D eigenvalue weighted by molar-refractivity contribution is 5.87. The SMILES string of the molecule is CC(=O)C1C2CC(O2)C1C(=O)O. The Bertz CT molecular complexity index is 217. The largest absolute Gasteiger partial charge is 0.481 e. The number of rotatable bonds is 2. The molecule has 3 fully saturated rings. The molecule has 0 aromatic rings. The smallest absolute Gasteiger partial charge is 0.309 e. The van der Waals surface area contributed by atoms with Crippen molar-refractivity contribution in [2.45, 2.75) is 25.6 Å². The van der Waals surface area contributed by atoms with Gasteiger partial charge in [0.2, 0.25) is 0 Å². The summed E-state index contributed by atoms with van der Waals surface area (Å²) in [5.74, 6) is -1.95. The van der Waals surface area contributed by atoms with Crippen molar-refractivity contribution in [2.24, 2.45) is 11.8 Å². The van der Waals surface area contributed by atoms with Crippen molar-refractivity contribution in [3.63, 3.8) is 0 Å². The first-order valence-electron chi connectivity index (χ1n) is 4.00. The molecule has 1 aliphatic carbocycles. The molecule has 0 spiro atoms. The molecular weight excluding hydrogens is 160 g/mol. The molecule has 1 N–H and O–H groups in total. The molecule has 4 unspecified atom stereocenters. The molecule has 0 aromatic carbocycles. The molecule has 4 nitrogen and oxygen atoms in total. The van der Waals surface area contributed by atoms with Gasteiger partial charge in [-0.25, -0.2) is 0 Å². The van der Waals surface area contributed by atoms with Crippen molar-refractivity contribution < 1.29 is 19.4 Å². The molecule has 2 bridgehead atoms. The van der Waals surface area contributed by atoms with Gasteiger partial charge in [-0.1, -0.05) is 0 Å². The number of carbonyl (C=O) groups is 2. The van der Waals surface area contributed by atoms with Crippen molar-refractivity contribution in [1.82, 2.24) is 0 Å². The third kappa shape index (κ3) is 0.813. The number of hydrogen-bond acceptors (Lipinski definition) is 3. The minimum atomic E-state index is -0.903. The van der Waals surface area contributed by atoms with Gasteiger partial charge >= 0.3 is 5.97 Å². The van der Waals surface area contributed by atoms with Crippen LogP contribution in [0.5, 0.6) is 0 Å². The number of hydrogen-bond donors (Lipinski definition) is 1. The summed E-state index contributed by atoms with van der Waals surface area (Å²) in [7, 11) is 0. The first-order valence-corrected chi connectivity index (χ1v) is 4.00. The Balaban J connectivity index is 2.22. The van der Waals surface area contributed by atoms with Gasteiger partial charge in [0.05, 0.1) is 24.0 Å². The molecule has 2 heterocycles. The van der Waals surface area contributed by atoms with Crippen LogP contribution >= 0.6 is 0 Å². The maximum absolute atomic E-state index is 11.1. The Labute approximate surface area is 69.5 Å². The zero-order chi connectivity index (χ0) is 8.88. The fraction of sp³-hybridized carbons (Fsp3) is 0.750. The van der Waals surface area contributed by atoms with Gasteiger partial charge in [0, 0.05) is 6.42 Å². The van der Waals surface area contributed by atoms with E-state index in [9.17, 15) is 9.59 Å². The van der Waals surface area contributed by atoms with E-state index in [1.807, 2.05) is 0 Å². The van der Waals surface area contributed by atoms with Crippen LogP contribution in [-0.2, 0) is 14.3 Å². The Kier molecular flexibility index (Phi) is 1.48. The van der Waals surface area contributed by atoms with E-state index in [-0.39, 0.29) is 18.0 Å². The van der Waals surface area contributed by atoms with Gasteiger partial charge in [-0.2, -0.15) is 0 Å². The van der Waals surface area contributed by atoms with Crippen LogP contribution in [0.4, 0.5) is 0 Å². The topological polar surface area (TPSA) is 63.6 Å². The monoisotopic (exact) mass is 170 g/mol. The lowest BCUT2D eigenvalue weighted by Gasteiger charge is -2.25. The van der Waals surface area contributed by atoms with Crippen molar-refractivity contribution in [3.8, 4) is 0 Å². The summed E-state index contributed by atoms with van der Waals surface area (Å²) >= 11 is 0. The zero-order valence-corrected chi connectivity index (χ0v) is 6.69. The lowest BCUT2D eigenvalue weighted by Crippen LogP contribution is -2.31. The highest BCUT2D eigenvalue weighted by Gasteiger charge is 2.58. The molecule has 0 amide bonds. The van der Waals surface area contributed by atoms with Crippen LogP contribution in [0.15, 0.2) is 0 Å². The van der Waals surface area contributed by atoms with Crippen LogP contribution in [0.2, 0.25) is 0 Å². The first-order chi connectivity index (χ1) is 5.61. The summed E-state index contributed by atoms with van der Waals surface area (Å²) in [5.41, 5.74) is 0. The average Bonchev–Trinajstić information content (AvgIpc) is 2.34. The van der Waals surface area contributed by atoms with E-state index < -0.39 is 17.8 Å². The maximum Gasteiger partial charge on any atom is 0.309 e. The molecule has 3 aliphatic rings. The molecule has 4 heteroatoms. The minimum Gasteiger partial charge on any atom is -0.481 e. The molecule has 1 saturated carbocycles. The number of ether oxygens (including phenoxy) is 1. The predicted molar refractivity (Wildman–Crippen MR) is 38.6 cm³/mol. The Morgan fingerprint density at radius 3 is 2.17 bits per heavy atom. The third-order valence-corrected chi connectivity index (χ3v) is 2.76. The summed E-state index contributed by atoms with van der Waals surface area (Å²) in [4.78, 5) is 21.8. The van der Waals surface area contributed by atoms with Crippen LogP contribution in [0, 0.1) is 11.8 Å². The number of ketones is 1. The molecule has 0 aromatic heterocycles. The summed E-state index contributed by atoms with van der Waals surface area (Å²) in [6.07, 6.45) is 0.413. The second-order valence-electron chi connectivity index (χ2n) is 3.45. The van der Waals surface area contributed by atoms with Gasteiger partial charge < -0.3 is 9.84 Å². The van der Waals surface area contributed by atoms with Gasteiger partial charge in [-0.3, -0.25) is 9.59 Å². The van der Waals surface area contributed by atoms with Crippen LogP contribution in [0.1, 0.15) is 13.3 Å². The summed E-state index contributed by atoms with van der Waals surface area (Å²) < 4.78 is 5.20. The summed E-state index contributed by atoms with van der Waals surface area (Å²) in [6, 6.07) is 0. The fourth-order valence-corrected chi connectivity index (χ4v) is 2.19. The quantitative estimate of drug-likeness (QED) is 0.636. The van der Waals surface area contributed by atoms with E-state index >= 15 is 0 Å². The van der Waals surface area contributed by atoms with Gasteiger partial charge in [0.1, 0.15) is 5.78 Å². The van der Waals surface area contributed by atoms with Crippen molar-refractivity contribution >= 4 is 11.8 Å². The molecule has 12 heavy (non-hydrogen) atoms. The minimum absolute atomic E-state index is 0.0626. The molecule has 4 atom stereocenters. The molecule has 2 aliphatic heterocycles. The molecule has 66 valence electrons. The van der Waals surface area contributed by atoms with Gasteiger partial charge in [0.25, 0.3) is 0 Å². The second kappa shape index (κ2) is 2.29. The number of carboxylic acids is 1. The van der Waals surface area contributed by atoms with Crippen LogP contribution in [0.3, 0.4) is 0 Å². The van der Waals surface area contributed by atoms with Crippen LogP contribution in [-0.4, -0.2) is 29.1 Å². The fourth-order valence-electron chi connectivity index (χ4n) is 2.19. The van der Waals surface area contributed by atoms with Crippen molar-refractivity contribution in [1.29, 1.82) is 0 Å². The molecule has 2 saturated heterocycles. The number of carbonyl (C=O) groups excluding carboxylic acids is 1. The number of Topliss-reactive ketones (excluding diaryl/α,β-unsaturated/α-hetero) is 1. The van der Waals surface area contributed by atoms with Crippen molar-refractivity contribution in [3.05, 3.63) is 0 Å². The summed E-state index contributed by atoms with van der Waals surface area (Å²) in [5, 5.41) is 8.80. The normalized spacial score (nSPS) is 43.8. The van der Waals surface area contributed by atoms with Gasteiger partial charge in [-0.05, 0) is 6.92 Å². The molecule has 3 rings (SSSR count). The van der Waals surface area contributed by atoms with E-state index in [1.165, 1.54) is 6.92 Å². The van der Waals surface area contributed by atoms with Crippen molar-refractivity contribution in [2.75, 3.05) is 0 Å². The molecule has 0 radical (unpaired) electrons. The Hall–Kier alpha value is -0.900. The standard InChI is InChI=1S/C8H10O4/c1-3(9)6-4-2-5(12-4)7(6)8(10)11/h4-7H,2H2,1H3,(H,10,11). The predicted octanol–water partition coefficient (Wildman–Crippen LogP) is 0.0635. The Morgan fingerprint density at radius 1 is 1.33 bits per heavy atom. The number of fused-ring (bicyclic) bond motifs is 1. The highest BCUT2D eigenvalue weighted by atomic mass is 16.5. The lowest BCUT2D eigenvalue weighted by atomic mass is 9.93. The molecular formula is C8H10O4. The second-order valence-corrected chi connectivity index (χ2v) is 3.45. The first kappa shape index (κ1) is 7.73. The Morgan fingerprint density at radius 2 is 1.83 bits per heavy atom. The van der Waals surface area contributed by atoms with Gasteiger partial charge in [0.15, 0.2) is 0 Å². The lowest BCUT2D eigenvalue weighted by molar-refractivity contribution is -0.147. The number of aliphatic carboxylic acids is 1. The maximum atomic E-state index is 11.1. The van der Waals surface area contributed by atoms with Crippen LogP contribution < -0.4 is 0 Å². The van der Waals surface area contributed by atoms with E-state index in [4.69, 9.17) is 9.84 Å². The van der Waals surface area contributed by atoms with E-state index in [2.05, 4.69) is 0 Å². The third-order valence-electron chi connectivity index (χ3n) is 2.76.